The summed E-state index contributed by atoms with van der Waals surface area (Å²) in [6.45, 7) is 1.02. The fraction of sp³-hybridized carbons (Fsp3) is 0.120. The molecule has 1 aliphatic rings. The van der Waals surface area contributed by atoms with Gasteiger partial charge in [-0.1, -0.05) is 66.7 Å². The fourth-order valence-corrected chi connectivity index (χ4v) is 4.73. The van der Waals surface area contributed by atoms with Crippen LogP contribution in [0.3, 0.4) is 0 Å². The number of aliphatic imine (C=N–C) groups is 1. The lowest BCUT2D eigenvalue weighted by Gasteiger charge is -2.15. The molecule has 31 heavy (non-hydrogen) atoms. The average molecular weight is 493 g/mol. The smallest absolute Gasteiger partial charge is 0.267 e. The van der Waals surface area contributed by atoms with Crippen molar-refractivity contribution in [2.24, 2.45) is 4.99 Å². The van der Waals surface area contributed by atoms with Crippen LogP contribution in [0.4, 0.5) is 0 Å². The Labute approximate surface area is 194 Å². The second-order valence-electron chi connectivity index (χ2n) is 6.97. The molecule has 1 fully saturated rings. The van der Waals surface area contributed by atoms with E-state index >= 15 is 0 Å². The molecule has 1 heterocycles. The molecule has 4 nitrogen and oxygen atoms in total. The number of ether oxygens (including phenoxy) is 1. The highest BCUT2D eigenvalue weighted by atomic mass is 79.9. The summed E-state index contributed by atoms with van der Waals surface area (Å²) in [7, 11) is 1.63. The van der Waals surface area contributed by atoms with Crippen molar-refractivity contribution in [3.63, 3.8) is 0 Å². The van der Waals surface area contributed by atoms with Gasteiger partial charge in [-0.05, 0) is 62.6 Å². The average Bonchev–Trinajstić information content (AvgIpc) is 3.08. The van der Waals surface area contributed by atoms with Gasteiger partial charge in [-0.2, -0.15) is 0 Å². The van der Waals surface area contributed by atoms with Crippen molar-refractivity contribution in [1.29, 1.82) is 0 Å². The van der Waals surface area contributed by atoms with E-state index in [4.69, 9.17) is 9.73 Å². The van der Waals surface area contributed by atoms with Crippen molar-refractivity contribution in [3.8, 4) is 5.75 Å². The Morgan fingerprint density at radius 2 is 1.68 bits per heavy atom. The standard InChI is InChI=1S/C25H21BrN2O2S/c1-30-22-13-12-20(14-21(22)26)15-23-24(29)28(17-19-10-6-3-7-11-19)25(31-23)27-16-18-8-4-2-5-9-18/h2-15H,16-17H2,1H3/b23-15-,27-25?. The quantitative estimate of drug-likeness (QED) is 0.388. The fourth-order valence-electron chi connectivity index (χ4n) is 3.20. The zero-order chi connectivity index (χ0) is 21.6. The van der Waals surface area contributed by atoms with Gasteiger partial charge < -0.3 is 4.74 Å². The van der Waals surface area contributed by atoms with Crippen LogP contribution < -0.4 is 4.74 Å². The first-order chi connectivity index (χ1) is 15.1. The molecule has 156 valence electrons. The second-order valence-corrected chi connectivity index (χ2v) is 8.83. The van der Waals surface area contributed by atoms with Crippen molar-refractivity contribution < 1.29 is 9.53 Å². The second kappa shape index (κ2) is 9.98. The number of methoxy groups -OCH3 is 1. The summed E-state index contributed by atoms with van der Waals surface area (Å²) in [5, 5.41) is 0.719. The van der Waals surface area contributed by atoms with Crippen LogP contribution >= 0.6 is 27.7 Å². The summed E-state index contributed by atoms with van der Waals surface area (Å²) >= 11 is 4.93. The van der Waals surface area contributed by atoms with Gasteiger partial charge >= 0.3 is 0 Å². The predicted octanol–water partition coefficient (Wildman–Crippen LogP) is 6.13. The van der Waals surface area contributed by atoms with E-state index in [0.717, 1.165) is 32.1 Å². The normalized spacial score (nSPS) is 16.3. The Kier molecular flexibility index (Phi) is 6.89. The maximum Gasteiger partial charge on any atom is 0.267 e. The zero-order valence-electron chi connectivity index (χ0n) is 17.0. The summed E-state index contributed by atoms with van der Waals surface area (Å²) in [6, 6.07) is 25.8. The van der Waals surface area contributed by atoms with Gasteiger partial charge in [-0.3, -0.25) is 14.7 Å². The number of rotatable bonds is 6. The number of halogens is 1. The van der Waals surface area contributed by atoms with Crippen LogP contribution in [0.1, 0.15) is 16.7 Å². The molecular formula is C25H21BrN2O2S. The highest BCUT2D eigenvalue weighted by Crippen LogP contribution is 2.35. The Morgan fingerprint density at radius 3 is 2.32 bits per heavy atom. The topological polar surface area (TPSA) is 41.9 Å². The van der Waals surface area contributed by atoms with Crippen LogP contribution in [0.15, 0.2) is 93.2 Å². The number of amides is 1. The van der Waals surface area contributed by atoms with Crippen LogP contribution in [0, 0.1) is 0 Å². The van der Waals surface area contributed by atoms with Crippen LogP contribution in [0.5, 0.6) is 5.75 Å². The van der Waals surface area contributed by atoms with Crippen LogP contribution in [0.2, 0.25) is 0 Å². The highest BCUT2D eigenvalue weighted by Gasteiger charge is 2.33. The summed E-state index contributed by atoms with van der Waals surface area (Å²) in [6.07, 6.45) is 1.90. The lowest BCUT2D eigenvalue weighted by molar-refractivity contribution is -0.122. The number of benzene rings is 3. The molecule has 0 spiro atoms. The van der Waals surface area contributed by atoms with Crippen LogP contribution in [-0.2, 0) is 17.9 Å². The van der Waals surface area contributed by atoms with Crippen molar-refractivity contribution in [3.05, 3.63) is 105 Å². The van der Waals surface area contributed by atoms with E-state index in [-0.39, 0.29) is 5.91 Å². The number of carbonyl (C=O) groups is 1. The van der Waals surface area contributed by atoms with Gasteiger partial charge in [0.05, 0.1) is 29.6 Å². The van der Waals surface area contributed by atoms with Crippen molar-refractivity contribution >= 4 is 44.8 Å². The number of hydrogen-bond acceptors (Lipinski definition) is 4. The van der Waals surface area contributed by atoms with E-state index < -0.39 is 0 Å². The number of nitrogens with zero attached hydrogens (tertiary/aromatic N) is 2. The number of amidine groups is 1. The third-order valence-electron chi connectivity index (χ3n) is 4.78. The molecule has 0 bridgehead atoms. The van der Waals surface area contributed by atoms with Gasteiger partial charge in [0.1, 0.15) is 5.75 Å². The molecule has 0 saturated carbocycles. The third kappa shape index (κ3) is 5.27. The SMILES string of the molecule is COc1ccc(/C=C2\SC(=NCc3ccccc3)N(Cc3ccccc3)C2=O)cc1Br. The van der Waals surface area contributed by atoms with Crippen molar-refractivity contribution in [1.82, 2.24) is 4.90 Å². The molecule has 1 saturated heterocycles. The molecule has 6 heteroatoms. The maximum atomic E-state index is 13.3. The Hall–Kier alpha value is -2.83. The first-order valence-electron chi connectivity index (χ1n) is 9.81. The Balaban J connectivity index is 1.63. The summed E-state index contributed by atoms with van der Waals surface area (Å²) in [5.74, 6) is 0.718. The minimum absolute atomic E-state index is 0.0346. The molecule has 0 N–H and O–H groups in total. The minimum Gasteiger partial charge on any atom is -0.496 e. The summed E-state index contributed by atoms with van der Waals surface area (Å²) < 4.78 is 6.14. The van der Waals surface area contributed by atoms with E-state index in [1.54, 1.807) is 12.0 Å². The number of carbonyl (C=O) groups excluding carboxylic acids is 1. The molecular weight excluding hydrogens is 472 g/mol. The van der Waals surface area contributed by atoms with E-state index in [1.807, 2.05) is 84.9 Å². The largest absolute Gasteiger partial charge is 0.496 e. The van der Waals surface area contributed by atoms with E-state index in [2.05, 4.69) is 15.9 Å². The Bertz CT molecular complexity index is 1130. The first kappa shape index (κ1) is 21.4. The zero-order valence-corrected chi connectivity index (χ0v) is 19.4. The molecule has 0 aromatic heterocycles. The Morgan fingerprint density at radius 1 is 1.00 bits per heavy atom. The molecule has 4 rings (SSSR count). The van der Waals surface area contributed by atoms with Gasteiger partial charge in [0.25, 0.3) is 5.91 Å². The molecule has 1 amide bonds. The molecule has 0 unspecified atom stereocenters. The molecule has 3 aromatic rings. The van der Waals surface area contributed by atoms with Crippen LogP contribution in [-0.4, -0.2) is 23.1 Å². The highest BCUT2D eigenvalue weighted by molar-refractivity contribution is 9.10. The van der Waals surface area contributed by atoms with E-state index in [0.29, 0.717) is 18.0 Å². The molecule has 0 atom stereocenters. The van der Waals surface area contributed by atoms with E-state index in [1.165, 1.54) is 11.8 Å². The van der Waals surface area contributed by atoms with Crippen LogP contribution in [0.25, 0.3) is 6.08 Å². The van der Waals surface area contributed by atoms with Gasteiger partial charge in [0.15, 0.2) is 5.17 Å². The predicted molar refractivity (Wildman–Crippen MR) is 131 cm³/mol. The third-order valence-corrected chi connectivity index (χ3v) is 6.45. The van der Waals surface area contributed by atoms with Gasteiger partial charge in [0.2, 0.25) is 0 Å². The molecule has 1 aliphatic heterocycles. The lowest BCUT2D eigenvalue weighted by Crippen LogP contribution is -2.28. The van der Waals surface area contributed by atoms with Crippen molar-refractivity contribution in [2.45, 2.75) is 13.1 Å². The monoisotopic (exact) mass is 492 g/mol. The van der Waals surface area contributed by atoms with Gasteiger partial charge in [-0.25, -0.2) is 0 Å². The summed E-state index contributed by atoms with van der Waals surface area (Å²) in [5.41, 5.74) is 3.10. The summed E-state index contributed by atoms with van der Waals surface area (Å²) in [4.78, 5) is 20.4. The number of hydrogen-bond donors (Lipinski definition) is 0. The molecule has 0 radical (unpaired) electrons. The molecule has 3 aromatic carbocycles. The van der Waals surface area contributed by atoms with Gasteiger partial charge in [0, 0.05) is 0 Å². The van der Waals surface area contributed by atoms with E-state index in [9.17, 15) is 4.79 Å². The van der Waals surface area contributed by atoms with Crippen molar-refractivity contribution in [2.75, 3.05) is 7.11 Å². The first-order valence-corrected chi connectivity index (χ1v) is 11.4. The lowest BCUT2D eigenvalue weighted by atomic mass is 10.2. The maximum absolute atomic E-state index is 13.3. The number of thioether (sulfide) groups is 1. The molecule has 0 aliphatic carbocycles. The van der Waals surface area contributed by atoms with Gasteiger partial charge in [-0.15, -0.1) is 0 Å². The minimum atomic E-state index is -0.0346.